The molecule has 0 saturated heterocycles. The average Bonchev–Trinajstić information content (AvgIpc) is 3.16. The van der Waals surface area contributed by atoms with Gasteiger partial charge in [0.05, 0.1) is 11.1 Å². The van der Waals surface area contributed by atoms with Crippen molar-refractivity contribution >= 4 is 6.03 Å². The first-order valence-corrected chi connectivity index (χ1v) is 7.36. The van der Waals surface area contributed by atoms with E-state index in [0.29, 0.717) is 5.69 Å². The summed E-state index contributed by atoms with van der Waals surface area (Å²) in [4.78, 5) is 16.1. The minimum Gasteiger partial charge on any atom is -0.337 e. The molecule has 1 heterocycles. The summed E-state index contributed by atoms with van der Waals surface area (Å²) in [5.41, 5.74) is -0.0903. The van der Waals surface area contributed by atoms with E-state index in [1.807, 2.05) is 30.3 Å². The molecule has 0 aliphatic heterocycles. The predicted octanol–water partition coefficient (Wildman–Crippen LogP) is 3.84. The van der Waals surface area contributed by atoms with Crippen LogP contribution in [0.2, 0.25) is 0 Å². The van der Waals surface area contributed by atoms with Gasteiger partial charge < -0.3 is 5.32 Å². The molecule has 1 saturated carbocycles. The van der Waals surface area contributed by atoms with E-state index in [-0.39, 0.29) is 25.8 Å². The smallest absolute Gasteiger partial charge is 0.337 e. The number of alkyl halides is 3. The van der Waals surface area contributed by atoms with Crippen molar-refractivity contribution in [2.24, 2.45) is 5.41 Å². The quantitative estimate of drug-likeness (QED) is 0.929. The van der Waals surface area contributed by atoms with Crippen LogP contribution in [0.1, 0.15) is 19.3 Å². The molecule has 1 aliphatic carbocycles. The predicted molar refractivity (Wildman–Crippen MR) is 78.8 cm³/mol. The summed E-state index contributed by atoms with van der Waals surface area (Å²) >= 11 is 0. The number of carbonyl (C=O) groups excluding carboxylic acids is 1. The third kappa shape index (κ3) is 3.23. The third-order valence-corrected chi connectivity index (χ3v) is 4.22. The first kappa shape index (κ1) is 15.6. The van der Waals surface area contributed by atoms with Gasteiger partial charge in [-0.2, -0.15) is 13.2 Å². The summed E-state index contributed by atoms with van der Waals surface area (Å²) in [7, 11) is 0. The number of halogens is 3. The van der Waals surface area contributed by atoms with E-state index >= 15 is 0 Å². The highest BCUT2D eigenvalue weighted by Gasteiger charge is 2.62. The fraction of sp³-hybridized carbons (Fsp3) is 0.375. The fourth-order valence-corrected chi connectivity index (χ4v) is 2.52. The van der Waals surface area contributed by atoms with E-state index in [2.05, 4.69) is 10.3 Å². The van der Waals surface area contributed by atoms with Gasteiger partial charge in [-0.1, -0.05) is 30.3 Å². The number of carbonyl (C=O) groups is 1. The Morgan fingerprint density at radius 2 is 1.96 bits per heavy atom. The van der Waals surface area contributed by atoms with Crippen LogP contribution >= 0.6 is 0 Å². The molecule has 7 heteroatoms. The van der Waals surface area contributed by atoms with E-state index in [4.69, 9.17) is 0 Å². The minimum absolute atomic E-state index is 0.00278. The van der Waals surface area contributed by atoms with E-state index in [1.165, 1.54) is 10.9 Å². The lowest BCUT2D eigenvalue weighted by molar-refractivity contribution is -0.188. The van der Waals surface area contributed by atoms with Crippen molar-refractivity contribution in [2.45, 2.75) is 25.4 Å². The SMILES string of the molecule is O=C(NCCC1(C(F)(F)F)CC1)n1cnc(-c2ccccc2)c1. The van der Waals surface area contributed by atoms with E-state index in [9.17, 15) is 18.0 Å². The molecule has 1 fully saturated rings. The Bertz CT molecular complexity index is 690. The molecular weight excluding hydrogens is 307 g/mol. The summed E-state index contributed by atoms with van der Waals surface area (Å²) in [6, 6.07) is 8.86. The summed E-state index contributed by atoms with van der Waals surface area (Å²) < 4.78 is 39.7. The molecule has 1 aromatic heterocycles. The Kier molecular flexibility index (Phi) is 3.87. The fourth-order valence-electron chi connectivity index (χ4n) is 2.52. The highest BCUT2D eigenvalue weighted by atomic mass is 19.4. The maximum atomic E-state index is 12.8. The number of aromatic nitrogens is 2. The van der Waals surface area contributed by atoms with Crippen molar-refractivity contribution < 1.29 is 18.0 Å². The first-order chi connectivity index (χ1) is 10.9. The molecule has 0 radical (unpaired) electrons. The molecule has 2 aromatic rings. The summed E-state index contributed by atoms with van der Waals surface area (Å²) in [6.45, 7) is -0.00278. The van der Waals surface area contributed by atoms with E-state index in [1.54, 1.807) is 6.20 Å². The van der Waals surface area contributed by atoms with Gasteiger partial charge >= 0.3 is 12.2 Å². The average molecular weight is 323 g/mol. The summed E-state index contributed by atoms with van der Waals surface area (Å²) in [5, 5.41) is 2.52. The molecule has 1 aliphatic rings. The number of hydrogen-bond acceptors (Lipinski definition) is 2. The zero-order chi connectivity index (χ0) is 16.5. The van der Waals surface area contributed by atoms with Crippen LogP contribution < -0.4 is 5.32 Å². The molecule has 1 N–H and O–H groups in total. The van der Waals surface area contributed by atoms with Gasteiger partial charge in [0.2, 0.25) is 0 Å². The van der Waals surface area contributed by atoms with Crippen LogP contribution in [0.3, 0.4) is 0 Å². The van der Waals surface area contributed by atoms with Crippen LogP contribution in [0.5, 0.6) is 0 Å². The maximum Gasteiger partial charge on any atom is 0.394 e. The van der Waals surface area contributed by atoms with Gasteiger partial charge in [-0.15, -0.1) is 0 Å². The number of hydrogen-bond donors (Lipinski definition) is 1. The second-order valence-electron chi connectivity index (χ2n) is 5.79. The topological polar surface area (TPSA) is 46.9 Å². The number of nitrogens with one attached hydrogen (secondary N) is 1. The van der Waals surface area contributed by atoms with Crippen molar-refractivity contribution in [2.75, 3.05) is 6.54 Å². The van der Waals surface area contributed by atoms with Gasteiger partial charge in [0.25, 0.3) is 0 Å². The Morgan fingerprint density at radius 1 is 1.26 bits per heavy atom. The van der Waals surface area contributed by atoms with Gasteiger partial charge in [0.1, 0.15) is 6.33 Å². The van der Waals surface area contributed by atoms with Crippen molar-refractivity contribution in [3.05, 3.63) is 42.9 Å². The van der Waals surface area contributed by atoms with Crippen molar-refractivity contribution in [3.63, 3.8) is 0 Å². The molecule has 3 rings (SSSR count). The number of imidazole rings is 1. The van der Waals surface area contributed by atoms with E-state index < -0.39 is 17.6 Å². The lowest BCUT2D eigenvalue weighted by Gasteiger charge is -2.18. The van der Waals surface area contributed by atoms with Gasteiger partial charge in [0, 0.05) is 18.3 Å². The van der Waals surface area contributed by atoms with Gasteiger partial charge in [-0.3, -0.25) is 4.57 Å². The highest BCUT2D eigenvalue weighted by Crippen LogP contribution is 2.59. The van der Waals surface area contributed by atoms with Crippen LogP contribution in [0, 0.1) is 5.41 Å². The lowest BCUT2D eigenvalue weighted by Crippen LogP contribution is -2.33. The Morgan fingerprint density at radius 3 is 2.57 bits per heavy atom. The van der Waals surface area contributed by atoms with Gasteiger partial charge in [-0.05, 0) is 19.3 Å². The largest absolute Gasteiger partial charge is 0.394 e. The highest BCUT2D eigenvalue weighted by molar-refractivity contribution is 5.77. The second kappa shape index (κ2) is 5.72. The van der Waals surface area contributed by atoms with E-state index in [0.717, 1.165) is 5.56 Å². The normalized spacial score (nSPS) is 16.1. The molecule has 0 bridgehead atoms. The van der Waals surface area contributed by atoms with Gasteiger partial charge in [-0.25, -0.2) is 9.78 Å². The van der Waals surface area contributed by atoms with Crippen molar-refractivity contribution in [3.8, 4) is 11.3 Å². The Labute approximate surface area is 131 Å². The molecule has 0 spiro atoms. The molecule has 0 atom stereocenters. The maximum absolute atomic E-state index is 12.8. The van der Waals surface area contributed by atoms with Crippen LogP contribution in [0.25, 0.3) is 11.3 Å². The number of rotatable bonds is 4. The van der Waals surface area contributed by atoms with Crippen LogP contribution in [0.15, 0.2) is 42.9 Å². The summed E-state index contributed by atoms with van der Waals surface area (Å²) in [6.07, 6.45) is -1.06. The third-order valence-electron chi connectivity index (χ3n) is 4.22. The Hall–Kier alpha value is -2.31. The van der Waals surface area contributed by atoms with Crippen molar-refractivity contribution in [1.82, 2.24) is 14.9 Å². The molecular formula is C16H16F3N3O. The molecule has 122 valence electrons. The first-order valence-electron chi connectivity index (χ1n) is 7.36. The molecule has 4 nitrogen and oxygen atoms in total. The monoisotopic (exact) mass is 323 g/mol. The van der Waals surface area contributed by atoms with Crippen molar-refractivity contribution in [1.29, 1.82) is 0 Å². The number of amides is 1. The second-order valence-corrected chi connectivity index (χ2v) is 5.79. The summed E-state index contributed by atoms with van der Waals surface area (Å²) in [5.74, 6) is 0. The van der Waals surface area contributed by atoms with Gasteiger partial charge in [0.15, 0.2) is 0 Å². The zero-order valence-electron chi connectivity index (χ0n) is 12.3. The lowest BCUT2D eigenvalue weighted by atomic mass is 10.0. The van der Waals surface area contributed by atoms with Crippen LogP contribution in [-0.2, 0) is 0 Å². The molecule has 0 unspecified atom stereocenters. The zero-order valence-corrected chi connectivity index (χ0v) is 12.3. The molecule has 1 aromatic carbocycles. The standard InChI is InChI=1S/C16H16F3N3O/c17-16(18,19)15(6-7-15)8-9-20-14(23)22-10-13(21-11-22)12-4-2-1-3-5-12/h1-5,10-11H,6-9H2,(H,20,23). The molecule has 23 heavy (non-hydrogen) atoms. The number of nitrogens with zero attached hydrogens (tertiary/aromatic N) is 2. The van der Waals surface area contributed by atoms with Crippen LogP contribution in [-0.4, -0.2) is 28.3 Å². The minimum atomic E-state index is -4.19. The number of benzene rings is 1. The Balaban J connectivity index is 1.57. The van der Waals surface area contributed by atoms with Crippen LogP contribution in [0.4, 0.5) is 18.0 Å². The molecule has 1 amide bonds.